The Morgan fingerprint density at radius 3 is 2.93 bits per heavy atom. The van der Waals surface area contributed by atoms with Gasteiger partial charge in [0.25, 0.3) is 0 Å². The summed E-state index contributed by atoms with van der Waals surface area (Å²) in [5.41, 5.74) is 0. The number of aliphatic hydroxyl groups is 1. The molecule has 14 heavy (non-hydrogen) atoms. The number of aliphatic hydroxyl groups excluding tert-OH is 1. The summed E-state index contributed by atoms with van der Waals surface area (Å²) < 4.78 is 0. The molecule has 1 aliphatic rings. The molecule has 0 radical (unpaired) electrons. The topological polar surface area (TPSA) is 49.3 Å². The predicted octanol–water partition coefficient (Wildman–Crippen LogP) is 1.44. The molecule has 0 aromatic heterocycles. The second kappa shape index (κ2) is 5.71. The van der Waals surface area contributed by atoms with E-state index in [1.54, 1.807) is 0 Å². The van der Waals surface area contributed by atoms with E-state index in [2.05, 4.69) is 21.2 Å². The van der Waals surface area contributed by atoms with Crippen LogP contribution in [0.15, 0.2) is 0 Å². The fourth-order valence-corrected chi connectivity index (χ4v) is 2.04. The summed E-state index contributed by atoms with van der Waals surface area (Å²) >= 11 is 3.24. The van der Waals surface area contributed by atoms with Gasteiger partial charge in [0.15, 0.2) is 0 Å². The molecular formula is C10H18BrNO2. The minimum atomic E-state index is -0.128. The third kappa shape index (κ3) is 3.58. The van der Waals surface area contributed by atoms with Gasteiger partial charge in [0.2, 0.25) is 5.91 Å². The van der Waals surface area contributed by atoms with Crippen molar-refractivity contribution in [3.05, 3.63) is 0 Å². The van der Waals surface area contributed by atoms with Crippen LogP contribution in [0.25, 0.3) is 0 Å². The van der Waals surface area contributed by atoms with Gasteiger partial charge in [-0.15, -0.1) is 0 Å². The molecule has 82 valence electrons. The predicted molar refractivity (Wildman–Crippen MR) is 59.4 cm³/mol. The molecule has 3 unspecified atom stereocenters. The summed E-state index contributed by atoms with van der Waals surface area (Å²) in [6.07, 6.45) is 4.16. The molecule has 3 atom stereocenters. The number of nitrogens with one attached hydrogen (secondary N) is 1. The molecule has 0 aromatic carbocycles. The van der Waals surface area contributed by atoms with Crippen LogP contribution in [0.5, 0.6) is 0 Å². The van der Waals surface area contributed by atoms with E-state index >= 15 is 0 Å². The Bertz CT molecular complexity index is 197. The highest BCUT2D eigenvalue weighted by Gasteiger charge is 2.23. The number of amides is 1. The number of rotatable bonds is 3. The van der Waals surface area contributed by atoms with Crippen LogP contribution < -0.4 is 5.32 Å². The van der Waals surface area contributed by atoms with Crippen molar-refractivity contribution in [2.24, 2.45) is 5.92 Å². The fraction of sp³-hybridized carbons (Fsp3) is 0.900. The lowest BCUT2D eigenvalue weighted by atomic mass is 9.86. The second-order valence-electron chi connectivity index (χ2n) is 4.04. The molecule has 0 bridgehead atoms. The zero-order valence-corrected chi connectivity index (χ0v) is 10.1. The lowest BCUT2D eigenvalue weighted by Gasteiger charge is -2.28. The Hall–Kier alpha value is -0.0900. The van der Waals surface area contributed by atoms with Crippen LogP contribution in [0, 0.1) is 5.92 Å². The highest BCUT2D eigenvalue weighted by atomic mass is 79.9. The van der Waals surface area contributed by atoms with Crippen LogP contribution in [0.2, 0.25) is 0 Å². The number of hydrogen-bond acceptors (Lipinski definition) is 2. The molecule has 1 amide bonds. The van der Waals surface area contributed by atoms with E-state index in [1.807, 2.05) is 6.92 Å². The first-order chi connectivity index (χ1) is 6.63. The Labute approximate surface area is 93.4 Å². The van der Waals surface area contributed by atoms with Crippen LogP contribution in [0.3, 0.4) is 0 Å². The fourth-order valence-electron chi connectivity index (χ4n) is 1.90. The molecule has 1 fully saturated rings. The number of alkyl halides is 1. The van der Waals surface area contributed by atoms with E-state index in [9.17, 15) is 4.79 Å². The third-order valence-electron chi connectivity index (χ3n) is 2.75. The quantitative estimate of drug-likeness (QED) is 0.758. The van der Waals surface area contributed by atoms with Gasteiger partial charge in [-0.25, -0.2) is 0 Å². The van der Waals surface area contributed by atoms with Crippen molar-refractivity contribution in [1.82, 2.24) is 5.32 Å². The van der Waals surface area contributed by atoms with E-state index in [1.165, 1.54) is 0 Å². The summed E-state index contributed by atoms with van der Waals surface area (Å²) in [5, 5.41) is 12.0. The summed E-state index contributed by atoms with van der Waals surface area (Å²) in [4.78, 5) is 11.3. The number of halogens is 1. The molecule has 0 aromatic rings. The van der Waals surface area contributed by atoms with Crippen molar-refractivity contribution in [2.75, 3.05) is 6.61 Å². The maximum atomic E-state index is 11.4. The first-order valence-corrected chi connectivity index (χ1v) is 6.10. The molecule has 1 aliphatic carbocycles. The van der Waals surface area contributed by atoms with Crippen LogP contribution in [0.1, 0.15) is 32.6 Å². The molecular weight excluding hydrogens is 246 g/mol. The summed E-state index contributed by atoms with van der Waals surface area (Å²) in [6.45, 7) is 2.07. The highest BCUT2D eigenvalue weighted by Crippen LogP contribution is 2.23. The average Bonchev–Trinajstić information content (AvgIpc) is 2.18. The van der Waals surface area contributed by atoms with Crippen LogP contribution >= 0.6 is 15.9 Å². The number of carbonyl (C=O) groups is 1. The molecule has 0 spiro atoms. The van der Waals surface area contributed by atoms with Gasteiger partial charge in [-0.05, 0) is 32.1 Å². The lowest BCUT2D eigenvalue weighted by Crippen LogP contribution is -2.41. The molecule has 0 saturated heterocycles. The smallest absolute Gasteiger partial charge is 0.233 e. The maximum absolute atomic E-state index is 11.4. The molecule has 0 heterocycles. The van der Waals surface area contributed by atoms with Crippen LogP contribution in [-0.2, 0) is 4.79 Å². The van der Waals surface area contributed by atoms with E-state index in [-0.39, 0.29) is 23.4 Å². The lowest BCUT2D eigenvalue weighted by molar-refractivity contribution is -0.121. The zero-order chi connectivity index (χ0) is 10.6. The third-order valence-corrected chi connectivity index (χ3v) is 3.16. The highest BCUT2D eigenvalue weighted by molar-refractivity contribution is 9.10. The minimum absolute atomic E-state index is 0.0496. The van der Waals surface area contributed by atoms with E-state index < -0.39 is 0 Å². The Kier molecular flexibility index (Phi) is 4.89. The van der Waals surface area contributed by atoms with Gasteiger partial charge in [-0.1, -0.05) is 22.4 Å². The van der Waals surface area contributed by atoms with Crippen molar-refractivity contribution in [2.45, 2.75) is 43.5 Å². The van der Waals surface area contributed by atoms with Crippen molar-refractivity contribution >= 4 is 21.8 Å². The normalized spacial score (nSPS) is 29.6. The minimum Gasteiger partial charge on any atom is -0.396 e. The van der Waals surface area contributed by atoms with Crippen LogP contribution in [-0.4, -0.2) is 28.5 Å². The maximum Gasteiger partial charge on any atom is 0.233 e. The van der Waals surface area contributed by atoms with E-state index in [4.69, 9.17) is 5.11 Å². The van der Waals surface area contributed by atoms with Gasteiger partial charge in [-0.3, -0.25) is 4.79 Å². The zero-order valence-electron chi connectivity index (χ0n) is 8.50. The average molecular weight is 264 g/mol. The molecule has 0 aliphatic heterocycles. The van der Waals surface area contributed by atoms with E-state index in [0.717, 1.165) is 25.7 Å². The summed E-state index contributed by atoms with van der Waals surface area (Å²) in [7, 11) is 0. The Morgan fingerprint density at radius 2 is 2.36 bits per heavy atom. The van der Waals surface area contributed by atoms with Crippen molar-refractivity contribution in [1.29, 1.82) is 0 Å². The summed E-state index contributed by atoms with van der Waals surface area (Å²) in [6, 6.07) is 0.258. The largest absolute Gasteiger partial charge is 0.396 e. The van der Waals surface area contributed by atoms with Gasteiger partial charge in [0.05, 0.1) is 4.83 Å². The number of hydrogen-bond donors (Lipinski definition) is 2. The first kappa shape index (κ1) is 12.0. The molecule has 4 heteroatoms. The molecule has 1 rings (SSSR count). The second-order valence-corrected chi connectivity index (χ2v) is 5.41. The summed E-state index contributed by atoms with van der Waals surface area (Å²) in [5.74, 6) is 0.424. The standard InChI is InChI=1S/C10H18BrNO2/c1-7(11)10(14)12-9-4-2-3-8(5-9)6-13/h7-9,13H,2-6H2,1H3,(H,12,14). The van der Waals surface area contributed by atoms with Crippen molar-refractivity contribution in [3.8, 4) is 0 Å². The van der Waals surface area contributed by atoms with Gasteiger partial charge in [0.1, 0.15) is 0 Å². The Balaban J connectivity index is 2.34. The molecule has 2 N–H and O–H groups in total. The van der Waals surface area contributed by atoms with Crippen molar-refractivity contribution < 1.29 is 9.90 Å². The van der Waals surface area contributed by atoms with Crippen LogP contribution in [0.4, 0.5) is 0 Å². The molecule has 1 saturated carbocycles. The van der Waals surface area contributed by atoms with E-state index in [0.29, 0.717) is 5.92 Å². The molecule has 3 nitrogen and oxygen atoms in total. The first-order valence-electron chi connectivity index (χ1n) is 5.18. The number of carbonyl (C=O) groups excluding carboxylic acids is 1. The van der Waals surface area contributed by atoms with Gasteiger partial charge in [-0.2, -0.15) is 0 Å². The Morgan fingerprint density at radius 1 is 1.64 bits per heavy atom. The van der Waals surface area contributed by atoms with Gasteiger partial charge < -0.3 is 10.4 Å². The van der Waals surface area contributed by atoms with Gasteiger partial charge in [0, 0.05) is 12.6 Å². The van der Waals surface area contributed by atoms with Crippen molar-refractivity contribution in [3.63, 3.8) is 0 Å². The van der Waals surface area contributed by atoms with Gasteiger partial charge >= 0.3 is 0 Å². The SMILES string of the molecule is CC(Br)C(=O)NC1CCCC(CO)C1. The monoisotopic (exact) mass is 263 g/mol.